The third-order valence-corrected chi connectivity index (χ3v) is 3.69. The van der Waals surface area contributed by atoms with E-state index in [0.717, 1.165) is 19.3 Å². The molecule has 0 aromatic heterocycles. The van der Waals surface area contributed by atoms with Gasteiger partial charge in [0.2, 0.25) is 11.8 Å². The Labute approximate surface area is 96.4 Å². The van der Waals surface area contributed by atoms with Crippen LogP contribution in [0.25, 0.3) is 0 Å². The van der Waals surface area contributed by atoms with E-state index in [4.69, 9.17) is 0 Å². The molecule has 1 saturated heterocycles. The molecule has 2 amide bonds. The van der Waals surface area contributed by atoms with Crippen molar-refractivity contribution in [2.75, 3.05) is 0 Å². The number of rotatable bonds is 3. The highest BCUT2D eigenvalue weighted by molar-refractivity contribution is 5.97. The predicted molar refractivity (Wildman–Crippen MR) is 60.7 cm³/mol. The standard InChI is InChI=1S/C12H20N2O2/c1-4-7(2)14-10(9-5-6-9)11(15)13-8(3)12(14)16/h7-10H,4-6H2,1-3H3,(H,13,15). The van der Waals surface area contributed by atoms with Gasteiger partial charge in [-0.2, -0.15) is 0 Å². The van der Waals surface area contributed by atoms with E-state index in [-0.39, 0.29) is 29.9 Å². The summed E-state index contributed by atoms with van der Waals surface area (Å²) in [6.45, 7) is 5.84. The van der Waals surface area contributed by atoms with E-state index in [9.17, 15) is 9.59 Å². The summed E-state index contributed by atoms with van der Waals surface area (Å²) < 4.78 is 0. The van der Waals surface area contributed by atoms with Crippen LogP contribution in [0, 0.1) is 5.92 Å². The first-order chi connectivity index (χ1) is 7.56. The van der Waals surface area contributed by atoms with Gasteiger partial charge in [-0.3, -0.25) is 9.59 Å². The number of carbonyl (C=O) groups is 2. The van der Waals surface area contributed by atoms with Crippen molar-refractivity contribution in [1.82, 2.24) is 10.2 Å². The summed E-state index contributed by atoms with van der Waals surface area (Å²) >= 11 is 0. The van der Waals surface area contributed by atoms with Gasteiger partial charge in [0.1, 0.15) is 12.1 Å². The van der Waals surface area contributed by atoms with Gasteiger partial charge < -0.3 is 10.2 Å². The van der Waals surface area contributed by atoms with Gasteiger partial charge >= 0.3 is 0 Å². The van der Waals surface area contributed by atoms with E-state index < -0.39 is 0 Å². The van der Waals surface area contributed by atoms with Crippen LogP contribution in [-0.4, -0.2) is 34.8 Å². The summed E-state index contributed by atoms with van der Waals surface area (Å²) in [4.78, 5) is 25.9. The number of nitrogens with one attached hydrogen (secondary N) is 1. The normalized spacial score (nSPS) is 32.6. The number of amides is 2. The van der Waals surface area contributed by atoms with Crippen LogP contribution in [0.3, 0.4) is 0 Å². The molecular weight excluding hydrogens is 204 g/mol. The molecule has 0 radical (unpaired) electrons. The minimum atomic E-state index is -0.364. The molecule has 2 rings (SSSR count). The van der Waals surface area contributed by atoms with Crippen molar-refractivity contribution < 1.29 is 9.59 Å². The fourth-order valence-corrected chi connectivity index (χ4v) is 2.39. The third-order valence-electron chi connectivity index (χ3n) is 3.69. The molecule has 4 heteroatoms. The molecule has 90 valence electrons. The second-order valence-corrected chi connectivity index (χ2v) is 5.02. The van der Waals surface area contributed by atoms with Gasteiger partial charge in [0.25, 0.3) is 0 Å². The van der Waals surface area contributed by atoms with Gasteiger partial charge in [-0.25, -0.2) is 0 Å². The Kier molecular flexibility index (Phi) is 2.91. The highest BCUT2D eigenvalue weighted by atomic mass is 16.2. The van der Waals surface area contributed by atoms with Crippen molar-refractivity contribution in [3.8, 4) is 0 Å². The highest BCUT2D eigenvalue weighted by Crippen LogP contribution is 2.37. The first-order valence-corrected chi connectivity index (χ1v) is 6.18. The maximum Gasteiger partial charge on any atom is 0.245 e. The van der Waals surface area contributed by atoms with Gasteiger partial charge in [0, 0.05) is 6.04 Å². The Balaban J connectivity index is 2.24. The van der Waals surface area contributed by atoms with Gasteiger partial charge in [0.15, 0.2) is 0 Å². The van der Waals surface area contributed by atoms with E-state index in [1.165, 1.54) is 0 Å². The lowest BCUT2D eigenvalue weighted by Gasteiger charge is -2.41. The number of hydrogen-bond acceptors (Lipinski definition) is 2. The average molecular weight is 224 g/mol. The fraction of sp³-hybridized carbons (Fsp3) is 0.833. The maximum atomic E-state index is 12.1. The molecule has 1 heterocycles. The molecule has 16 heavy (non-hydrogen) atoms. The first kappa shape index (κ1) is 11.4. The molecule has 0 bridgehead atoms. The second-order valence-electron chi connectivity index (χ2n) is 5.02. The Morgan fingerprint density at radius 1 is 1.44 bits per heavy atom. The van der Waals surface area contributed by atoms with Crippen molar-refractivity contribution in [3.05, 3.63) is 0 Å². The van der Waals surface area contributed by atoms with Crippen molar-refractivity contribution in [1.29, 1.82) is 0 Å². The molecule has 3 unspecified atom stereocenters. The Bertz CT molecular complexity index is 312. The molecular formula is C12H20N2O2. The molecule has 1 N–H and O–H groups in total. The summed E-state index contributed by atoms with van der Waals surface area (Å²) in [5, 5.41) is 2.78. The SMILES string of the molecule is CCC(C)N1C(=O)C(C)NC(=O)C1C1CC1. The van der Waals surface area contributed by atoms with E-state index in [1.54, 1.807) is 6.92 Å². The summed E-state index contributed by atoms with van der Waals surface area (Å²) in [5.41, 5.74) is 0. The molecule has 1 aliphatic carbocycles. The molecule has 2 fully saturated rings. The Morgan fingerprint density at radius 3 is 2.56 bits per heavy atom. The van der Waals surface area contributed by atoms with Crippen molar-refractivity contribution in [2.45, 2.75) is 58.2 Å². The largest absolute Gasteiger partial charge is 0.343 e. The molecule has 0 aromatic rings. The lowest BCUT2D eigenvalue weighted by atomic mass is 10.0. The molecule has 4 nitrogen and oxygen atoms in total. The van der Waals surface area contributed by atoms with Crippen molar-refractivity contribution in [3.63, 3.8) is 0 Å². The van der Waals surface area contributed by atoms with Crippen LogP contribution < -0.4 is 5.32 Å². The predicted octanol–water partition coefficient (Wildman–Crippen LogP) is 0.910. The van der Waals surface area contributed by atoms with Crippen LogP contribution in [0.2, 0.25) is 0 Å². The van der Waals surface area contributed by atoms with E-state index in [0.29, 0.717) is 5.92 Å². The number of piperazine rings is 1. The van der Waals surface area contributed by atoms with E-state index >= 15 is 0 Å². The quantitative estimate of drug-likeness (QED) is 0.774. The smallest absolute Gasteiger partial charge is 0.245 e. The molecule has 1 aliphatic heterocycles. The van der Waals surface area contributed by atoms with Gasteiger partial charge in [-0.1, -0.05) is 6.92 Å². The van der Waals surface area contributed by atoms with Crippen molar-refractivity contribution in [2.24, 2.45) is 5.92 Å². The number of nitrogens with zero attached hydrogens (tertiary/aromatic N) is 1. The lowest BCUT2D eigenvalue weighted by Crippen LogP contribution is -2.65. The molecule has 3 atom stereocenters. The molecule has 2 aliphatic rings. The van der Waals surface area contributed by atoms with Crippen molar-refractivity contribution >= 4 is 11.8 Å². The maximum absolute atomic E-state index is 12.1. The molecule has 0 spiro atoms. The second kappa shape index (κ2) is 4.07. The van der Waals surface area contributed by atoms with Gasteiger partial charge in [-0.15, -0.1) is 0 Å². The minimum Gasteiger partial charge on any atom is -0.343 e. The highest BCUT2D eigenvalue weighted by Gasteiger charge is 2.47. The molecule has 0 aromatic carbocycles. The van der Waals surface area contributed by atoms with Crippen LogP contribution >= 0.6 is 0 Å². The van der Waals surface area contributed by atoms with Crippen LogP contribution in [0.5, 0.6) is 0 Å². The zero-order valence-electron chi connectivity index (χ0n) is 10.2. The number of carbonyl (C=O) groups excluding carboxylic acids is 2. The van der Waals surface area contributed by atoms with Crippen LogP contribution in [0.1, 0.15) is 40.0 Å². The topological polar surface area (TPSA) is 49.4 Å². The van der Waals surface area contributed by atoms with Crippen LogP contribution in [0.4, 0.5) is 0 Å². The zero-order valence-corrected chi connectivity index (χ0v) is 10.2. The van der Waals surface area contributed by atoms with E-state index in [2.05, 4.69) is 12.2 Å². The summed E-state index contributed by atoms with van der Waals surface area (Å²) in [5.74, 6) is 0.506. The summed E-state index contributed by atoms with van der Waals surface area (Å²) in [6.07, 6.45) is 3.05. The van der Waals surface area contributed by atoms with Gasteiger partial charge in [-0.05, 0) is 39.0 Å². The monoisotopic (exact) mass is 224 g/mol. The Hall–Kier alpha value is -1.06. The van der Waals surface area contributed by atoms with E-state index in [1.807, 2.05) is 11.8 Å². The summed E-state index contributed by atoms with van der Waals surface area (Å²) in [7, 11) is 0. The van der Waals surface area contributed by atoms with Gasteiger partial charge in [0.05, 0.1) is 0 Å². The summed E-state index contributed by atoms with van der Waals surface area (Å²) in [6, 6.07) is -0.415. The first-order valence-electron chi connectivity index (χ1n) is 6.18. The fourth-order valence-electron chi connectivity index (χ4n) is 2.39. The molecule has 1 saturated carbocycles. The Morgan fingerprint density at radius 2 is 2.06 bits per heavy atom. The zero-order chi connectivity index (χ0) is 11.9. The van der Waals surface area contributed by atoms with Crippen LogP contribution in [0.15, 0.2) is 0 Å². The third kappa shape index (κ3) is 1.81. The lowest BCUT2D eigenvalue weighted by molar-refractivity contribution is -0.152. The minimum absolute atomic E-state index is 0.0369. The van der Waals surface area contributed by atoms with Crippen LogP contribution in [-0.2, 0) is 9.59 Å². The average Bonchev–Trinajstić information content (AvgIpc) is 3.05. The number of hydrogen-bond donors (Lipinski definition) is 1.